The van der Waals surface area contributed by atoms with E-state index in [1.165, 1.54) is 6.92 Å². The monoisotopic (exact) mass is 274 g/mol. The lowest BCUT2D eigenvalue weighted by Gasteiger charge is -2.09. The second-order valence-electron chi connectivity index (χ2n) is 2.60. The first-order chi connectivity index (χ1) is 6.37. The number of rotatable bonds is 1. The molecule has 0 bridgehead atoms. The minimum Gasteiger partial charge on any atom is -0.203 e. The maximum Gasteiger partial charge on any atom is 0.200 e. The summed E-state index contributed by atoms with van der Waals surface area (Å²) in [5.41, 5.74) is -0.860. The van der Waals surface area contributed by atoms with Crippen molar-refractivity contribution in [1.29, 1.82) is 0 Å². The van der Waals surface area contributed by atoms with Gasteiger partial charge in [0.1, 0.15) is 0 Å². The van der Waals surface area contributed by atoms with Gasteiger partial charge in [0.05, 0.1) is 0 Å². The van der Waals surface area contributed by atoms with Gasteiger partial charge in [0, 0.05) is 10.4 Å². The predicted molar refractivity (Wildman–Crippen MR) is 43.6 cm³/mol. The third kappa shape index (κ3) is 1.63. The van der Waals surface area contributed by atoms with E-state index in [4.69, 9.17) is 0 Å². The molecule has 6 heteroatoms. The lowest BCUT2D eigenvalue weighted by atomic mass is 10.1. The minimum atomic E-state index is -2.14. The Morgan fingerprint density at radius 2 is 1.07 bits per heavy atom. The zero-order valence-electron chi connectivity index (χ0n) is 6.85. The number of hydrogen-bond acceptors (Lipinski definition) is 0. The molecule has 0 amide bonds. The van der Waals surface area contributed by atoms with Crippen molar-refractivity contribution >= 4 is 15.9 Å². The molecule has 1 rings (SSSR count). The zero-order valence-corrected chi connectivity index (χ0v) is 8.43. The first-order valence-corrected chi connectivity index (χ1v) is 4.44. The van der Waals surface area contributed by atoms with Gasteiger partial charge in [-0.1, -0.05) is 15.9 Å². The van der Waals surface area contributed by atoms with Crippen LogP contribution in [0.25, 0.3) is 0 Å². The molecule has 0 N–H and O–H groups in total. The highest BCUT2D eigenvalue weighted by molar-refractivity contribution is 9.09. The van der Waals surface area contributed by atoms with Crippen LogP contribution < -0.4 is 0 Å². The van der Waals surface area contributed by atoms with Crippen LogP contribution in [-0.4, -0.2) is 0 Å². The van der Waals surface area contributed by atoms with E-state index < -0.39 is 39.5 Å². The fraction of sp³-hybridized carbons (Fsp3) is 0.250. The molecule has 0 radical (unpaired) electrons. The van der Waals surface area contributed by atoms with Crippen molar-refractivity contribution in [2.24, 2.45) is 0 Å². The van der Waals surface area contributed by atoms with Gasteiger partial charge in [-0.2, -0.15) is 0 Å². The van der Waals surface area contributed by atoms with E-state index in [1.54, 1.807) is 0 Å². The van der Waals surface area contributed by atoms with Crippen LogP contribution in [0.3, 0.4) is 0 Å². The summed E-state index contributed by atoms with van der Waals surface area (Å²) in [6.07, 6.45) is 0. The fourth-order valence-electron chi connectivity index (χ4n) is 0.971. The van der Waals surface area contributed by atoms with E-state index in [9.17, 15) is 22.0 Å². The normalized spacial score (nSPS) is 13.1. The van der Waals surface area contributed by atoms with Crippen molar-refractivity contribution in [2.45, 2.75) is 11.8 Å². The molecule has 1 atom stereocenters. The van der Waals surface area contributed by atoms with Crippen LogP contribution in [0.4, 0.5) is 22.0 Å². The maximum atomic E-state index is 12.9. The van der Waals surface area contributed by atoms with Gasteiger partial charge in [0.2, 0.25) is 5.82 Å². The quantitative estimate of drug-likeness (QED) is 0.316. The Bertz CT molecular complexity index is 345. The molecule has 0 aliphatic carbocycles. The Hall–Kier alpha value is -0.650. The lowest BCUT2D eigenvalue weighted by molar-refractivity contribution is 0.370. The van der Waals surface area contributed by atoms with Crippen LogP contribution in [0, 0.1) is 29.1 Å². The third-order valence-electron chi connectivity index (χ3n) is 1.64. The van der Waals surface area contributed by atoms with E-state index in [1.807, 2.05) is 0 Å². The highest BCUT2D eigenvalue weighted by atomic mass is 79.9. The molecule has 0 aliphatic heterocycles. The second-order valence-corrected chi connectivity index (χ2v) is 3.97. The van der Waals surface area contributed by atoms with Gasteiger partial charge in [-0.3, -0.25) is 0 Å². The molecule has 1 unspecified atom stereocenters. The van der Waals surface area contributed by atoms with Crippen molar-refractivity contribution in [3.8, 4) is 0 Å². The van der Waals surface area contributed by atoms with Gasteiger partial charge >= 0.3 is 0 Å². The summed E-state index contributed by atoms with van der Waals surface area (Å²) in [6, 6.07) is 0. The highest BCUT2D eigenvalue weighted by Crippen LogP contribution is 2.31. The van der Waals surface area contributed by atoms with Crippen LogP contribution in [0.15, 0.2) is 0 Å². The van der Waals surface area contributed by atoms with Crippen LogP contribution in [0.1, 0.15) is 17.3 Å². The molecule has 1 aromatic rings. The summed E-state index contributed by atoms with van der Waals surface area (Å²) in [5, 5.41) is 0. The predicted octanol–water partition coefficient (Wildman–Crippen LogP) is 3.84. The Balaban J connectivity index is 3.60. The largest absolute Gasteiger partial charge is 0.203 e. The molecular weight excluding hydrogens is 271 g/mol. The molecule has 0 fully saturated rings. The van der Waals surface area contributed by atoms with Gasteiger partial charge in [0.25, 0.3) is 0 Å². The molecule has 0 heterocycles. The highest BCUT2D eigenvalue weighted by Gasteiger charge is 2.27. The van der Waals surface area contributed by atoms with E-state index in [2.05, 4.69) is 15.9 Å². The van der Waals surface area contributed by atoms with E-state index in [-0.39, 0.29) is 0 Å². The Labute approximate surface area is 84.9 Å². The van der Waals surface area contributed by atoms with Gasteiger partial charge in [-0.05, 0) is 6.92 Å². The van der Waals surface area contributed by atoms with Crippen molar-refractivity contribution < 1.29 is 22.0 Å². The molecule has 0 saturated carbocycles. The lowest BCUT2D eigenvalue weighted by Crippen LogP contribution is -2.07. The standard InChI is InChI=1S/C8H4BrF5/c1-2(9)3-4(10)6(12)8(14)7(13)5(3)11/h2H,1H3. The number of hydrogen-bond donors (Lipinski definition) is 0. The molecule has 0 nitrogen and oxygen atoms in total. The smallest absolute Gasteiger partial charge is 0.200 e. The average molecular weight is 275 g/mol. The van der Waals surface area contributed by atoms with E-state index in [0.29, 0.717) is 0 Å². The average Bonchev–Trinajstić information content (AvgIpc) is 2.11. The van der Waals surface area contributed by atoms with Crippen molar-refractivity contribution in [2.75, 3.05) is 0 Å². The van der Waals surface area contributed by atoms with Gasteiger partial charge in [0.15, 0.2) is 23.3 Å². The van der Waals surface area contributed by atoms with Crippen LogP contribution in [-0.2, 0) is 0 Å². The first-order valence-electron chi connectivity index (χ1n) is 3.53. The molecular formula is C8H4BrF5. The summed E-state index contributed by atoms with van der Waals surface area (Å²) >= 11 is 2.74. The molecule has 0 spiro atoms. The minimum absolute atomic E-state index is 0.860. The van der Waals surface area contributed by atoms with Gasteiger partial charge < -0.3 is 0 Å². The Morgan fingerprint density at radius 3 is 1.36 bits per heavy atom. The Kier molecular flexibility index (Phi) is 3.14. The molecule has 1 aromatic carbocycles. The zero-order chi connectivity index (χ0) is 11.0. The number of benzene rings is 1. The van der Waals surface area contributed by atoms with Crippen molar-refractivity contribution in [3.63, 3.8) is 0 Å². The molecule has 0 saturated heterocycles. The van der Waals surface area contributed by atoms with Crippen molar-refractivity contribution in [1.82, 2.24) is 0 Å². The topological polar surface area (TPSA) is 0 Å². The number of halogens is 6. The van der Waals surface area contributed by atoms with Gasteiger partial charge in [-0.15, -0.1) is 0 Å². The summed E-state index contributed by atoms with van der Waals surface area (Å²) in [6.45, 7) is 1.26. The second kappa shape index (κ2) is 3.84. The summed E-state index contributed by atoms with van der Waals surface area (Å²) in [4.78, 5) is -0.952. The summed E-state index contributed by atoms with van der Waals surface area (Å²) < 4.78 is 63.5. The summed E-state index contributed by atoms with van der Waals surface area (Å²) in [7, 11) is 0. The van der Waals surface area contributed by atoms with Gasteiger partial charge in [-0.25, -0.2) is 22.0 Å². The molecule has 0 aromatic heterocycles. The van der Waals surface area contributed by atoms with Crippen LogP contribution in [0.2, 0.25) is 0 Å². The van der Waals surface area contributed by atoms with Crippen LogP contribution in [0.5, 0.6) is 0 Å². The van der Waals surface area contributed by atoms with E-state index in [0.717, 1.165) is 0 Å². The Morgan fingerprint density at radius 1 is 0.786 bits per heavy atom. The number of alkyl halides is 1. The molecule has 78 valence electrons. The molecule has 0 aliphatic rings. The SMILES string of the molecule is CC(Br)c1c(F)c(F)c(F)c(F)c1F. The van der Waals surface area contributed by atoms with Crippen molar-refractivity contribution in [3.05, 3.63) is 34.6 Å². The fourth-order valence-corrected chi connectivity index (χ4v) is 1.37. The van der Waals surface area contributed by atoms with Crippen LogP contribution >= 0.6 is 15.9 Å². The first kappa shape index (κ1) is 11.4. The maximum absolute atomic E-state index is 12.9. The summed E-state index contributed by atoms with van der Waals surface area (Å²) in [5.74, 6) is -9.59. The third-order valence-corrected chi connectivity index (χ3v) is 2.10. The molecule has 14 heavy (non-hydrogen) atoms. The van der Waals surface area contributed by atoms with E-state index >= 15 is 0 Å².